The fourth-order valence-corrected chi connectivity index (χ4v) is 4.41. The van der Waals surface area contributed by atoms with E-state index < -0.39 is 0 Å². The minimum atomic E-state index is 0.858. The van der Waals surface area contributed by atoms with Gasteiger partial charge < -0.3 is 4.90 Å². The largest absolute Gasteiger partial charge is 0.352 e. The van der Waals surface area contributed by atoms with Gasteiger partial charge in [-0.05, 0) is 43.9 Å². The summed E-state index contributed by atoms with van der Waals surface area (Å²) in [4.78, 5) is 14.3. The molecule has 3 aromatic rings. The zero-order valence-electron chi connectivity index (χ0n) is 14.3. The molecule has 0 bridgehead atoms. The molecule has 1 aromatic carbocycles. The fourth-order valence-electron chi connectivity index (χ4n) is 3.34. The number of hydrogen-bond acceptors (Lipinski definition) is 4. The molecule has 3 heterocycles. The lowest BCUT2D eigenvalue weighted by atomic mass is 9.99. The molecule has 1 aliphatic rings. The molecule has 0 aliphatic carbocycles. The van der Waals surface area contributed by atoms with Crippen LogP contribution in [0.25, 0.3) is 15.8 Å². The van der Waals surface area contributed by atoms with Crippen molar-refractivity contribution in [2.75, 3.05) is 18.0 Å². The molecule has 4 heteroatoms. The van der Waals surface area contributed by atoms with Crippen molar-refractivity contribution in [3.63, 3.8) is 0 Å². The van der Waals surface area contributed by atoms with E-state index in [-0.39, 0.29) is 0 Å². The molecule has 3 nitrogen and oxygen atoms in total. The van der Waals surface area contributed by atoms with Crippen molar-refractivity contribution in [2.24, 2.45) is 0 Å². The molecule has 0 N–H and O–H groups in total. The Balaban J connectivity index is 1.71. The minimum absolute atomic E-state index is 0.858. The Morgan fingerprint density at radius 1 is 1.04 bits per heavy atom. The first-order chi connectivity index (χ1) is 11.6. The van der Waals surface area contributed by atoms with Gasteiger partial charge in [-0.1, -0.05) is 36.4 Å². The molecule has 0 saturated carbocycles. The lowest BCUT2D eigenvalue weighted by Crippen LogP contribution is -2.29. The van der Waals surface area contributed by atoms with Gasteiger partial charge in [-0.25, -0.2) is 9.97 Å². The highest BCUT2D eigenvalue weighted by atomic mass is 32.1. The Labute approximate surface area is 146 Å². The van der Waals surface area contributed by atoms with Crippen molar-refractivity contribution in [1.82, 2.24) is 9.97 Å². The van der Waals surface area contributed by atoms with E-state index in [1.807, 2.05) is 6.92 Å². The predicted octanol–water partition coefficient (Wildman–Crippen LogP) is 4.91. The second kappa shape index (κ2) is 6.02. The van der Waals surface area contributed by atoms with Gasteiger partial charge >= 0.3 is 0 Å². The number of fused-ring (bicyclic) bond motifs is 1. The smallest absolute Gasteiger partial charge is 0.141 e. The molecule has 4 rings (SSSR count). The maximum absolute atomic E-state index is 4.79. The van der Waals surface area contributed by atoms with E-state index in [1.165, 1.54) is 27.0 Å². The van der Waals surface area contributed by atoms with E-state index in [4.69, 9.17) is 4.98 Å². The lowest BCUT2D eigenvalue weighted by Gasteiger charge is -2.28. The van der Waals surface area contributed by atoms with Gasteiger partial charge in [-0.15, -0.1) is 11.3 Å². The maximum atomic E-state index is 4.79. The number of benzene rings is 1. The molecule has 0 atom stereocenters. The summed E-state index contributed by atoms with van der Waals surface area (Å²) in [5.74, 6) is 1.96. The summed E-state index contributed by atoms with van der Waals surface area (Å²) in [7, 11) is 0. The molecule has 122 valence electrons. The van der Waals surface area contributed by atoms with Crippen molar-refractivity contribution >= 4 is 32.9 Å². The van der Waals surface area contributed by atoms with Crippen LogP contribution in [0.3, 0.4) is 0 Å². The first-order valence-corrected chi connectivity index (χ1v) is 9.19. The van der Waals surface area contributed by atoms with Gasteiger partial charge in [-0.3, -0.25) is 0 Å². The van der Waals surface area contributed by atoms with Crippen LogP contribution in [-0.4, -0.2) is 23.1 Å². The highest BCUT2D eigenvalue weighted by molar-refractivity contribution is 7.18. The summed E-state index contributed by atoms with van der Waals surface area (Å²) >= 11 is 1.78. The first kappa shape index (κ1) is 15.3. The quantitative estimate of drug-likeness (QED) is 0.666. The summed E-state index contributed by atoms with van der Waals surface area (Å²) in [6.07, 6.45) is 3.40. The normalized spacial score (nSPS) is 15.0. The van der Waals surface area contributed by atoms with Crippen LogP contribution in [0.2, 0.25) is 0 Å². The van der Waals surface area contributed by atoms with Crippen LogP contribution >= 0.6 is 11.3 Å². The van der Waals surface area contributed by atoms with Gasteiger partial charge in [0.15, 0.2) is 0 Å². The highest BCUT2D eigenvalue weighted by Crippen LogP contribution is 2.36. The van der Waals surface area contributed by atoms with Gasteiger partial charge in [0.25, 0.3) is 0 Å². The van der Waals surface area contributed by atoms with Gasteiger partial charge in [-0.2, -0.15) is 0 Å². The van der Waals surface area contributed by atoms with Crippen LogP contribution in [0.4, 0.5) is 5.82 Å². The summed E-state index contributed by atoms with van der Waals surface area (Å²) in [5, 5.41) is 1.24. The zero-order chi connectivity index (χ0) is 16.7. The van der Waals surface area contributed by atoms with Gasteiger partial charge in [0.2, 0.25) is 0 Å². The van der Waals surface area contributed by atoms with Gasteiger partial charge in [0.1, 0.15) is 16.5 Å². The van der Waals surface area contributed by atoms with Crippen LogP contribution in [0.15, 0.2) is 36.4 Å². The first-order valence-electron chi connectivity index (χ1n) is 8.37. The van der Waals surface area contributed by atoms with E-state index in [9.17, 15) is 0 Å². The Morgan fingerprint density at radius 3 is 2.54 bits per heavy atom. The zero-order valence-corrected chi connectivity index (χ0v) is 15.2. The van der Waals surface area contributed by atoms with Crippen LogP contribution in [0, 0.1) is 20.8 Å². The number of anilines is 1. The standard InChI is InChI=1S/C20H21N3S/c1-13-14(2)24-20-18(13)19(21-15(3)22-20)23-11-9-17(10-12-23)16-7-5-4-6-8-16/h4-9H,10-12H2,1-3H3. The molecule has 0 fully saturated rings. The fraction of sp³-hybridized carbons (Fsp3) is 0.300. The Bertz CT molecular complexity index is 925. The summed E-state index contributed by atoms with van der Waals surface area (Å²) in [6.45, 7) is 8.25. The van der Waals surface area contributed by atoms with E-state index in [2.05, 4.69) is 60.1 Å². The summed E-state index contributed by atoms with van der Waals surface area (Å²) < 4.78 is 0. The van der Waals surface area contributed by atoms with Gasteiger partial charge in [0, 0.05) is 18.0 Å². The van der Waals surface area contributed by atoms with E-state index in [1.54, 1.807) is 11.3 Å². The Kier molecular flexibility index (Phi) is 3.85. The molecule has 0 radical (unpaired) electrons. The van der Waals surface area contributed by atoms with Crippen molar-refractivity contribution in [3.8, 4) is 0 Å². The van der Waals surface area contributed by atoms with E-state index >= 15 is 0 Å². The van der Waals surface area contributed by atoms with Crippen molar-refractivity contribution in [1.29, 1.82) is 0 Å². The molecule has 1 aliphatic heterocycles. The number of nitrogens with zero attached hydrogens (tertiary/aromatic N) is 3. The average molecular weight is 335 g/mol. The molecular weight excluding hydrogens is 314 g/mol. The number of rotatable bonds is 2. The third kappa shape index (κ3) is 2.61. The Hall–Kier alpha value is -2.20. The predicted molar refractivity (Wildman–Crippen MR) is 103 cm³/mol. The lowest BCUT2D eigenvalue weighted by molar-refractivity contribution is 0.815. The van der Waals surface area contributed by atoms with Gasteiger partial charge in [0.05, 0.1) is 5.39 Å². The number of aryl methyl sites for hydroxylation is 3. The second-order valence-electron chi connectivity index (χ2n) is 6.35. The SMILES string of the molecule is Cc1nc(N2CC=C(c3ccccc3)CC2)c2c(C)c(C)sc2n1. The molecule has 0 unspecified atom stereocenters. The third-order valence-electron chi connectivity index (χ3n) is 4.77. The second-order valence-corrected chi connectivity index (χ2v) is 7.55. The molecule has 0 saturated heterocycles. The Morgan fingerprint density at radius 2 is 1.83 bits per heavy atom. The highest BCUT2D eigenvalue weighted by Gasteiger charge is 2.20. The average Bonchev–Trinajstić information content (AvgIpc) is 2.89. The maximum Gasteiger partial charge on any atom is 0.141 e. The molecule has 24 heavy (non-hydrogen) atoms. The van der Waals surface area contributed by atoms with Crippen LogP contribution in [0.5, 0.6) is 0 Å². The number of thiophene rings is 1. The van der Waals surface area contributed by atoms with E-state index in [0.29, 0.717) is 0 Å². The monoisotopic (exact) mass is 335 g/mol. The molecule has 0 spiro atoms. The molecular formula is C20H21N3S. The topological polar surface area (TPSA) is 29.0 Å². The van der Waals surface area contributed by atoms with Crippen LogP contribution < -0.4 is 4.90 Å². The summed E-state index contributed by atoms with van der Waals surface area (Å²) in [5.41, 5.74) is 4.10. The summed E-state index contributed by atoms with van der Waals surface area (Å²) in [6, 6.07) is 10.7. The van der Waals surface area contributed by atoms with Crippen LogP contribution in [0.1, 0.15) is 28.2 Å². The van der Waals surface area contributed by atoms with Crippen LogP contribution in [-0.2, 0) is 0 Å². The number of hydrogen-bond donors (Lipinski definition) is 0. The third-order valence-corrected chi connectivity index (χ3v) is 5.88. The molecule has 0 amide bonds. The minimum Gasteiger partial charge on any atom is -0.352 e. The van der Waals surface area contributed by atoms with E-state index in [0.717, 1.165) is 36.0 Å². The molecule has 2 aromatic heterocycles. The van der Waals surface area contributed by atoms with Crippen molar-refractivity contribution < 1.29 is 0 Å². The van der Waals surface area contributed by atoms with Crippen molar-refractivity contribution in [3.05, 3.63) is 58.2 Å². The number of aromatic nitrogens is 2. The van der Waals surface area contributed by atoms with Crippen molar-refractivity contribution in [2.45, 2.75) is 27.2 Å².